The van der Waals surface area contributed by atoms with E-state index in [2.05, 4.69) is 96.5 Å². The van der Waals surface area contributed by atoms with Crippen LogP contribution < -0.4 is 4.90 Å². The van der Waals surface area contributed by atoms with Crippen molar-refractivity contribution >= 4 is 11.8 Å². The summed E-state index contributed by atoms with van der Waals surface area (Å²) in [6, 6.07) is 4.52. The molecule has 0 spiro atoms. The SMILES string of the molecule is C/C=C\c1c(C)ccc2c1C(C)C(=CC=C1CCCC(C)=C1C)N2C.C=CCC.CC. The summed E-state index contributed by atoms with van der Waals surface area (Å²) in [5.41, 5.74) is 11.5. The second-order valence-corrected chi connectivity index (χ2v) is 8.25. The number of hydrogen-bond acceptors (Lipinski definition) is 1. The number of nitrogens with zero attached hydrogens (tertiary/aromatic N) is 1. The molecule has 0 radical (unpaired) electrons. The van der Waals surface area contributed by atoms with Gasteiger partial charge in [-0.1, -0.05) is 63.6 Å². The van der Waals surface area contributed by atoms with Crippen LogP contribution in [0.2, 0.25) is 0 Å². The van der Waals surface area contributed by atoms with E-state index in [-0.39, 0.29) is 0 Å². The lowest BCUT2D eigenvalue weighted by Gasteiger charge is -2.19. The highest BCUT2D eigenvalue weighted by molar-refractivity contribution is 5.76. The van der Waals surface area contributed by atoms with Crippen molar-refractivity contribution < 1.29 is 0 Å². The van der Waals surface area contributed by atoms with Crippen LogP contribution >= 0.6 is 0 Å². The number of benzene rings is 1. The fourth-order valence-corrected chi connectivity index (χ4v) is 4.29. The Hall–Kier alpha value is -2.28. The number of likely N-dealkylation sites (N-methyl/N-ethyl adjacent to an activating group) is 1. The van der Waals surface area contributed by atoms with E-state index in [0.717, 1.165) is 6.42 Å². The normalized spacial score (nSPS) is 20.4. The van der Waals surface area contributed by atoms with Crippen molar-refractivity contribution in [3.8, 4) is 0 Å². The molecule has 0 fully saturated rings. The van der Waals surface area contributed by atoms with Gasteiger partial charge in [0, 0.05) is 24.4 Å². The van der Waals surface area contributed by atoms with Gasteiger partial charge in [-0.2, -0.15) is 0 Å². The molecule has 0 saturated carbocycles. The third kappa shape index (κ3) is 6.35. The first-order chi connectivity index (χ1) is 14.9. The van der Waals surface area contributed by atoms with Gasteiger partial charge < -0.3 is 4.90 Å². The van der Waals surface area contributed by atoms with E-state index in [1.807, 2.05) is 19.9 Å². The van der Waals surface area contributed by atoms with Crippen molar-refractivity contribution in [3.05, 3.63) is 82.1 Å². The van der Waals surface area contributed by atoms with Crippen LogP contribution in [-0.4, -0.2) is 7.05 Å². The first-order valence-corrected chi connectivity index (χ1v) is 12.1. The van der Waals surface area contributed by atoms with E-state index in [0.29, 0.717) is 5.92 Å². The standard InChI is InChI=1S/C24H31N.C4H8.C2H6/c1-7-9-21-17(3)12-14-23-24(21)19(5)22(25(23)6)15-13-20-11-8-10-16(2)18(20)4;1-3-4-2;1-2/h7,9,12-15,19H,8,10-11H2,1-6H3;3H,1,4H2,2H3;1-2H3/b9-7-,20-13?,22-15?;;. The Balaban J connectivity index is 0.000000720. The predicted octanol–water partition coefficient (Wildman–Crippen LogP) is 9.52. The minimum absolute atomic E-state index is 0.428. The van der Waals surface area contributed by atoms with Crippen molar-refractivity contribution in [1.82, 2.24) is 0 Å². The Labute approximate surface area is 193 Å². The molecule has 1 heterocycles. The molecule has 3 rings (SSSR count). The fourth-order valence-electron chi connectivity index (χ4n) is 4.29. The van der Waals surface area contributed by atoms with Crippen molar-refractivity contribution in [2.24, 2.45) is 0 Å². The van der Waals surface area contributed by atoms with E-state index < -0.39 is 0 Å². The summed E-state index contributed by atoms with van der Waals surface area (Å²) in [6.07, 6.45) is 15.9. The molecule has 1 aromatic rings. The van der Waals surface area contributed by atoms with Crippen molar-refractivity contribution in [3.63, 3.8) is 0 Å². The van der Waals surface area contributed by atoms with Gasteiger partial charge in [0.15, 0.2) is 0 Å². The summed E-state index contributed by atoms with van der Waals surface area (Å²) in [6.45, 7) is 20.8. The highest BCUT2D eigenvalue weighted by Crippen LogP contribution is 2.45. The maximum absolute atomic E-state index is 3.48. The van der Waals surface area contributed by atoms with Crippen molar-refractivity contribution in [2.75, 3.05) is 11.9 Å². The molecule has 0 bridgehead atoms. The molecule has 0 aromatic heterocycles. The van der Waals surface area contributed by atoms with Gasteiger partial charge in [0.05, 0.1) is 0 Å². The quantitative estimate of drug-likeness (QED) is 0.441. The van der Waals surface area contributed by atoms with Crippen LogP contribution in [-0.2, 0) is 0 Å². The van der Waals surface area contributed by atoms with Gasteiger partial charge in [-0.15, -0.1) is 6.58 Å². The van der Waals surface area contributed by atoms with Crippen molar-refractivity contribution in [1.29, 1.82) is 0 Å². The highest BCUT2D eigenvalue weighted by atomic mass is 15.1. The predicted molar refractivity (Wildman–Crippen MR) is 143 cm³/mol. The zero-order valence-electron chi connectivity index (χ0n) is 21.6. The van der Waals surface area contributed by atoms with Crippen LogP contribution in [0.1, 0.15) is 96.8 Å². The van der Waals surface area contributed by atoms with Gasteiger partial charge in [-0.3, -0.25) is 0 Å². The summed E-state index contributed by atoms with van der Waals surface area (Å²) in [5, 5.41) is 0. The maximum Gasteiger partial charge on any atom is 0.0451 e. The van der Waals surface area contributed by atoms with Crippen LogP contribution in [0.4, 0.5) is 5.69 Å². The number of anilines is 1. The third-order valence-corrected chi connectivity index (χ3v) is 6.30. The second-order valence-electron chi connectivity index (χ2n) is 8.25. The third-order valence-electron chi connectivity index (χ3n) is 6.30. The number of fused-ring (bicyclic) bond motifs is 1. The van der Waals surface area contributed by atoms with E-state index in [4.69, 9.17) is 0 Å². The average Bonchev–Trinajstić information content (AvgIpc) is 3.02. The monoisotopic (exact) mass is 419 g/mol. The number of rotatable bonds is 3. The lowest BCUT2D eigenvalue weighted by Crippen LogP contribution is -2.12. The summed E-state index contributed by atoms with van der Waals surface area (Å²) in [4.78, 5) is 2.37. The van der Waals surface area contributed by atoms with E-state index >= 15 is 0 Å². The summed E-state index contributed by atoms with van der Waals surface area (Å²) in [5.74, 6) is 0.428. The first kappa shape index (κ1) is 26.8. The molecule has 2 aliphatic rings. The number of allylic oxidation sites excluding steroid dienone is 8. The highest BCUT2D eigenvalue weighted by Gasteiger charge is 2.30. The summed E-state index contributed by atoms with van der Waals surface area (Å²) < 4.78 is 0. The number of aryl methyl sites for hydroxylation is 1. The fraction of sp³-hybridized carbons (Fsp3) is 0.467. The first-order valence-electron chi connectivity index (χ1n) is 12.1. The molecule has 1 atom stereocenters. The molecule has 0 amide bonds. The van der Waals surface area contributed by atoms with Crippen LogP contribution in [0.15, 0.2) is 65.4 Å². The minimum Gasteiger partial charge on any atom is -0.347 e. The molecule has 1 nitrogen and oxygen atoms in total. The molecular formula is C30H45N. The van der Waals surface area contributed by atoms with Crippen LogP contribution in [0.25, 0.3) is 6.08 Å². The molecule has 0 N–H and O–H groups in total. The average molecular weight is 420 g/mol. The molecule has 0 saturated heterocycles. The molecule has 1 heteroatoms. The second kappa shape index (κ2) is 13.2. The van der Waals surface area contributed by atoms with Crippen LogP contribution in [0.5, 0.6) is 0 Å². The molecule has 1 aliphatic carbocycles. The largest absolute Gasteiger partial charge is 0.347 e. The molecule has 1 aromatic carbocycles. The van der Waals surface area contributed by atoms with E-state index in [1.165, 1.54) is 58.5 Å². The van der Waals surface area contributed by atoms with Crippen molar-refractivity contribution in [2.45, 2.75) is 87.0 Å². The molecular weight excluding hydrogens is 374 g/mol. The lowest BCUT2D eigenvalue weighted by atomic mass is 9.88. The maximum atomic E-state index is 3.48. The molecule has 31 heavy (non-hydrogen) atoms. The zero-order chi connectivity index (χ0) is 23.6. The van der Waals surface area contributed by atoms with Gasteiger partial charge in [0.25, 0.3) is 0 Å². The van der Waals surface area contributed by atoms with Gasteiger partial charge in [-0.25, -0.2) is 0 Å². The molecule has 1 unspecified atom stereocenters. The van der Waals surface area contributed by atoms with Gasteiger partial charge in [-0.05, 0) is 93.4 Å². The molecule has 1 aliphatic heterocycles. The van der Waals surface area contributed by atoms with Crippen LogP contribution in [0.3, 0.4) is 0 Å². The summed E-state index contributed by atoms with van der Waals surface area (Å²) >= 11 is 0. The van der Waals surface area contributed by atoms with Gasteiger partial charge >= 0.3 is 0 Å². The Morgan fingerprint density at radius 2 is 1.74 bits per heavy atom. The summed E-state index contributed by atoms with van der Waals surface area (Å²) in [7, 11) is 2.20. The Morgan fingerprint density at radius 1 is 1.10 bits per heavy atom. The topological polar surface area (TPSA) is 3.24 Å². The Kier molecular flexibility index (Phi) is 11.4. The Morgan fingerprint density at radius 3 is 2.32 bits per heavy atom. The smallest absolute Gasteiger partial charge is 0.0451 e. The van der Waals surface area contributed by atoms with E-state index in [1.54, 1.807) is 5.57 Å². The van der Waals surface area contributed by atoms with Gasteiger partial charge in [0.1, 0.15) is 0 Å². The minimum atomic E-state index is 0.428. The number of hydrogen-bond donors (Lipinski definition) is 0. The van der Waals surface area contributed by atoms with Crippen LogP contribution in [0, 0.1) is 6.92 Å². The van der Waals surface area contributed by atoms with E-state index in [9.17, 15) is 0 Å². The lowest BCUT2D eigenvalue weighted by molar-refractivity contribution is 0.762. The Bertz CT molecular complexity index is 861. The molecule has 170 valence electrons. The van der Waals surface area contributed by atoms with Gasteiger partial charge in [0.2, 0.25) is 0 Å². The zero-order valence-corrected chi connectivity index (χ0v) is 21.6.